The Morgan fingerprint density at radius 1 is 0.769 bits per heavy atom. The quantitative estimate of drug-likeness (QED) is 0.599. The van der Waals surface area contributed by atoms with Crippen molar-refractivity contribution in [1.29, 1.82) is 0 Å². The van der Waals surface area contributed by atoms with E-state index in [1.165, 1.54) is 0 Å². The zero-order valence-corrected chi connectivity index (χ0v) is 11.5. The third kappa shape index (κ3) is 742000. The largest absolute Gasteiger partial charge is 0.391 e. The van der Waals surface area contributed by atoms with E-state index >= 15 is 0 Å². The van der Waals surface area contributed by atoms with Gasteiger partial charge in [0.1, 0.15) is 0 Å². The van der Waals surface area contributed by atoms with Crippen LogP contribution in [0, 0.1) is 5.92 Å². The predicted molar refractivity (Wildman–Crippen MR) is 65.2 cm³/mol. The summed E-state index contributed by atoms with van der Waals surface area (Å²) in [6.45, 7) is 19.7. The fourth-order valence-electron chi connectivity index (χ4n) is 0. The Kier molecular flexibility index (Phi) is 31.8. The average Bonchev–Trinajstić information content (AvgIpc) is 1.90. The van der Waals surface area contributed by atoms with Crippen LogP contribution in [0.25, 0.3) is 0 Å². The Morgan fingerprint density at radius 3 is 0.769 bits per heavy atom. The molecule has 1 N–H and O–H groups in total. The first-order valence-electron chi connectivity index (χ1n) is 5.46. The molecule has 0 rings (SSSR count). The molecule has 0 bridgehead atoms. The lowest BCUT2D eigenvalue weighted by Gasteiger charge is -2.04. The van der Waals surface area contributed by atoms with Gasteiger partial charge in [0.05, 0.1) is 5.60 Å². The lowest BCUT2D eigenvalue weighted by Crippen LogP contribution is -2.10. The fraction of sp³-hybridized carbons (Fsp3) is 1.00. The molecule has 0 spiro atoms. The van der Waals surface area contributed by atoms with E-state index < -0.39 is 5.60 Å². The van der Waals surface area contributed by atoms with Crippen LogP contribution in [-0.2, 0) is 0 Å². The summed E-state index contributed by atoms with van der Waals surface area (Å²) in [5.41, 5.74) is -0.500. The van der Waals surface area contributed by atoms with Crippen molar-refractivity contribution in [3.8, 4) is 0 Å². The summed E-state index contributed by atoms with van der Waals surface area (Å²) in [4.78, 5) is 0. The van der Waals surface area contributed by atoms with Gasteiger partial charge in [-0.1, -0.05) is 48.5 Å². The first-order chi connectivity index (χ1) is 5.73. The summed E-state index contributed by atoms with van der Waals surface area (Å²) >= 11 is 0. The standard InChI is InChI=1S/C4H10O.C4H10.2C2H6/c1-4(2,3)5;1-4(2)3;2*1-2/h5H,1-3H3;4H,1-3H3;2*1-2H3. The molecule has 0 aliphatic rings. The van der Waals surface area contributed by atoms with Gasteiger partial charge in [-0.25, -0.2) is 0 Å². The van der Waals surface area contributed by atoms with Gasteiger partial charge in [-0.15, -0.1) is 0 Å². The van der Waals surface area contributed by atoms with Crippen LogP contribution in [0.1, 0.15) is 69.2 Å². The van der Waals surface area contributed by atoms with Crippen molar-refractivity contribution in [2.24, 2.45) is 5.92 Å². The molecular weight excluding hydrogens is 160 g/mol. The monoisotopic (exact) mass is 192 g/mol. The van der Waals surface area contributed by atoms with Crippen molar-refractivity contribution in [3.05, 3.63) is 0 Å². The summed E-state index contributed by atoms with van der Waals surface area (Å²) < 4.78 is 0. The third-order valence-electron chi connectivity index (χ3n) is 0. The Balaban J connectivity index is -0.0000000457. The Hall–Kier alpha value is -0.0400. The fourth-order valence-corrected chi connectivity index (χ4v) is 0. The van der Waals surface area contributed by atoms with Crippen molar-refractivity contribution in [2.45, 2.75) is 74.8 Å². The maximum absolute atomic E-state index is 8.52. The first kappa shape index (κ1) is 23.1. The minimum atomic E-state index is -0.500. The molecular formula is C12H32O. The van der Waals surface area contributed by atoms with Crippen molar-refractivity contribution in [3.63, 3.8) is 0 Å². The summed E-state index contributed by atoms with van der Waals surface area (Å²) in [5, 5.41) is 8.52. The molecule has 0 aromatic carbocycles. The molecule has 13 heavy (non-hydrogen) atoms. The highest BCUT2D eigenvalue weighted by molar-refractivity contribution is 4.50. The van der Waals surface area contributed by atoms with Gasteiger partial charge >= 0.3 is 0 Å². The van der Waals surface area contributed by atoms with Gasteiger partial charge in [-0.3, -0.25) is 0 Å². The molecule has 1 heteroatoms. The molecule has 0 aliphatic heterocycles. The summed E-state index contributed by atoms with van der Waals surface area (Å²) in [7, 11) is 0. The number of hydrogen-bond acceptors (Lipinski definition) is 1. The second-order valence-corrected chi connectivity index (χ2v) is 3.90. The van der Waals surface area contributed by atoms with Gasteiger partial charge in [0.15, 0.2) is 0 Å². The van der Waals surface area contributed by atoms with E-state index in [4.69, 9.17) is 5.11 Å². The second kappa shape index (κ2) is 17.9. The van der Waals surface area contributed by atoms with Crippen molar-refractivity contribution >= 4 is 0 Å². The van der Waals surface area contributed by atoms with Gasteiger partial charge in [0, 0.05) is 0 Å². The molecule has 0 unspecified atom stereocenters. The Bertz CT molecular complexity index is 41.9. The number of rotatable bonds is 0. The Labute approximate surface area is 86.6 Å². The third-order valence-corrected chi connectivity index (χ3v) is 0. The van der Waals surface area contributed by atoms with Crippen LogP contribution in [0.4, 0.5) is 0 Å². The maximum atomic E-state index is 8.52. The number of hydrogen-bond donors (Lipinski definition) is 1. The van der Waals surface area contributed by atoms with E-state index in [0.29, 0.717) is 0 Å². The molecule has 0 amide bonds. The molecule has 0 heterocycles. The smallest absolute Gasteiger partial charge is 0.0563 e. The van der Waals surface area contributed by atoms with Crippen LogP contribution in [0.2, 0.25) is 0 Å². The highest BCUT2D eigenvalue weighted by Crippen LogP contribution is 1.93. The van der Waals surface area contributed by atoms with Crippen LogP contribution < -0.4 is 0 Å². The first-order valence-corrected chi connectivity index (χ1v) is 5.46. The van der Waals surface area contributed by atoms with Gasteiger partial charge in [-0.05, 0) is 26.7 Å². The van der Waals surface area contributed by atoms with Crippen molar-refractivity contribution < 1.29 is 5.11 Å². The van der Waals surface area contributed by atoms with E-state index in [1.807, 2.05) is 27.7 Å². The van der Waals surface area contributed by atoms with Crippen LogP contribution >= 0.6 is 0 Å². The minimum absolute atomic E-state index is 0.500. The van der Waals surface area contributed by atoms with Gasteiger partial charge in [-0.2, -0.15) is 0 Å². The van der Waals surface area contributed by atoms with Gasteiger partial charge in [0.25, 0.3) is 0 Å². The lowest BCUT2D eigenvalue weighted by atomic mass is 10.2. The zero-order valence-electron chi connectivity index (χ0n) is 11.5. The van der Waals surface area contributed by atoms with E-state index in [2.05, 4.69) is 20.8 Å². The topological polar surface area (TPSA) is 20.2 Å². The molecule has 1 nitrogen and oxygen atoms in total. The van der Waals surface area contributed by atoms with Gasteiger partial charge in [0.2, 0.25) is 0 Å². The summed E-state index contributed by atoms with van der Waals surface area (Å²) in [5.74, 6) is 0.833. The minimum Gasteiger partial charge on any atom is -0.391 e. The highest BCUT2D eigenvalue weighted by Gasteiger charge is 1.97. The maximum Gasteiger partial charge on any atom is 0.0563 e. The zero-order chi connectivity index (χ0) is 12.1. The molecule has 0 saturated heterocycles. The SMILES string of the molecule is CC.CC.CC(C)(C)O.CC(C)C. The molecule has 0 aromatic heterocycles. The summed E-state index contributed by atoms with van der Waals surface area (Å²) in [6.07, 6.45) is 0. The normalized spacial score (nSPS) is 8.31. The van der Waals surface area contributed by atoms with Crippen molar-refractivity contribution in [1.82, 2.24) is 0 Å². The van der Waals surface area contributed by atoms with E-state index in [9.17, 15) is 0 Å². The second-order valence-electron chi connectivity index (χ2n) is 3.90. The lowest BCUT2D eigenvalue weighted by molar-refractivity contribution is 0.102. The van der Waals surface area contributed by atoms with Crippen LogP contribution in [0.5, 0.6) is 0 Å². The average molecular weight is 192 g/mol. The van der Waals surface area contributed by atoms with Crippen molar-refractivity contribution in [2.75, 3.05) is 0 Å². The molecule has 0 aromatic rings. The molecule has 0 saturated carbocycles. The Morgan fingerprint density at radius 2 is 0.769 bits per heavy atom. The van der Waals surface area contributed by atoms with Gasteiger partial charge < -0.3 is 5.11 Å². The van der Waals surface area contributed by atoms with E-state index in [1.54, 1.807) is 20.8 Å². The molecule has 0 radical (unpaired) electrons. The van der Waals surface area contributed by atoms with E-state index in [0.717, 1.165) is 5.92 Å². The summed E-state index contributed by atoms with van der Waals surface area (Å²) in [6, 6.07) is 0. The molecule has 0 aliphatic carbocycles. The molecule has 0 atom stereocenters. The van der Waals surface area contributed by atoms with E-state index in [-0.39, 0.29) is 0 Å². The van der Waals surface area contributed by atoms with Crippen LogP contribution in [0.3, 0.4) is 0 Å². The highest BCUT2D eigenvalue weighted by atomic mass is 16.3. The molecule has 0 fully saturated rings. The predicted octanol–water partition coefficient (Wildman–Crippen LogP) is 4.49. The van der Waals surface area contributed by atoms with Crippen LogP contribution in [-0.4, -0.2) is 10.7 Å². The van der Waals surface area contributed by atoms with Crippen LogP contribution in [0.15, 0.2) is 0 Å². The number of aliphatic hydroxyl groups is 1. The molecule has 86 valence electrons.